The molecule has 0 saturated carbocycles. The SMILES string of the molecule is CCn1nccc1-c1ccc(N2CCCCCC2)nn1.O=CO. The third-order valence-electron chi connectivity index (χ3n) is 3.86. The van der Waals surface area contributed by atoms with Crippen LogP contribution in [0.2, 0.25) is 0 Å². The van der Waals surface area contributed by atoms with Crippen molar-refractivity contribution in [2.75, 3.05) is 18.0 Å². The molecule has 1 fully saturated rings. The lowest BCUT2D eigenvalue weighted by Crippen LogP contribution is -2.25. The second-order valence-corrected chi connectivity index (χ2v) is 5.32. The third kappa shape index (κ3) is 4.51. The standard InChI is InChI=1S/C15H21N5.CH2O2/c1-2-20-14(9-10-16-20)13-7-8-15(18-17-13)19-11-5-3-4-6-12-19;2-1-3/h7-10H,2-6,11-12H2,1H3;1H,(H,2,3). The number of anilines is 1. The average Bonchev–Trinajstić information content (AvgIpc) is 2.89. The fourth-order valence-corrected chi connectivity index (χ4v) is 2.73. The van der Waals surface area contributed by atoms with Crippen LogP contribution in [-0.2, 0) is 11.3 Å². The quantitative estimate of drug-likeness (QED) is 0.875. The van der Waals surface area contributed by atoms with Gasteiger partial charge in [-0.1, -0.05) is 12.8 Å². The van der Waals surface area contributed by atoms with Gasteiger partial charge in [-0.05, 0) is 38.0 Å². The molecule has 7 heteroatoms. The Kier molecular flexibility index (Phi) is 6.53. The van der Waals surface area contributed by atoms with Crippen molar-refractivity contribution in [1.29, 1.82) is 0 Å². The second-order valence-electron chi connectivity index (χ2n) is 5.32. The minimum atomic E-state index is -0.250. The highest BCUT2D eigenvalue weighted by Gasteiger charge is 2.12. The first-order valence-corrected chi connectivity index (χ1v) is 7.99. The van der Waals surface area contributed by atoms with Gasteiger partial charge in [-0.2, -0.15) is 5.10 Å². The molecule has 0 amide bonds. The molecule has 1 aliphatic rings. The highest BCUT2D eigenvalue weighted by Crippen LogP contribution is 2.20. The van der Waals surface area contributed by atoms with Gasteiger partial charge in [0, 0.05) is 25.8 Å². The summed E-state index contributed by atoms with van der Waals surface area (Å²) in [5.41, 5.74) is 1.92. The summed E-state index contributed by atoms with van der Waals surface area (Å²) in [4.78, 5) is 10.7. The smallest absolute Gasteiger partial charge is 0.290 e. The molecule has 0 bridgehead atoms. The third-order valence-corrected chi connectivity index (χ3v) is 3.86. The van der Waals surface area contributed by atoms with Crippen molar-refractivity contribution in [3.63, 3.8) is 0 Å². The van der Waals surface area contributed by atoms with Crippen molar-refractivity contribution in [1.82, 2.24) is 20.0 Å². The molecule has 0 radical (unpaired) electrons. The Labute approximate surface area is 136 Å². The number of hydrogen-bond acceptors (Lipinski definition) is 5. The molecular formula is C16H23N5O2. The number of aryl methyl sites for hydroxylation is 1. The number of nitrogens with zero attached hydrogens (tertiary/aromatic N) is 5. The van der Waals surface area contributed by atoms with Crippen LogP contribution >= 0.6 is 0 Å². The Balaban J connectivity index is 0.000000595. The van der Waals surface area contributed by atoms with E-state index in [-0.39, 0.29) is 6.47 Å². The predicted molar refractivity (Wildman–Crippen MR) is 88.3 cm³/mol. The van der Waals surface area contributed by atoms with E-state index in [1.165, 1.54) is 25.7 Å². The lowest BCUT2D eigenvalue weighted by molar-refractivity contribution is -0.122. The molecule has 0 atom stereocenters. The Morgan fingerprint density at radius 3 is 2.39 bits per heavy atom. The molecule has 1 aliphatic heterocycles. The average molecular weight is 317 g/mol. The van der Waals surface area contributed by atoms with E-state index in [1.54, 1.807) is 0 Å². The van der Waals surface area contributed by atoms with Gasteiger partial charge in [0.1, 0.15) is 5.69 Å². The van der Waals surface area contributed by atoms with Gasteiger partial charge in [-0.25, -0.2) is 0 Å². The fraction of sp³-hybridized carbons (Fsp3) is 0.500. The summed E-state index contributed by atoms with van der Waals surface area (Å²) in [5.74, 6) is 0.998. The van der Waals surface area contributed by atoms with E-state index in [1.807, 2.05) is 16.9 Å². The first-order chi connectivity index (χ1) is 11.3. The van der Waals surface area contributed by atoms with Gasteiger partial charge in [0.15, 0.2) is 5.82 Å². The number of rotatable bonds is 3. The van der Waals surface area contributed by atoms with Crippen LogP contribution in [0.1, 0.15) is 32.6 Å². The van der Waals surface area contributed by atoms with Crippen LogP contribution in [0, 0.1) is 0 Å². The predicted octanol–water partition coefficient (Wildman–Crippen LogP) is 2.44. The van der Waals surface area contributed by atoms with E-state index in [4.69, 9.17) is 9.90 Å². The minimum Gasteiger partial charge on any atom is -0.483 e. The first-order valence-electron chi connectivity index (χ1n) is 7.99. The molecule has 124 valence electrons. The Morgan fingerprint density at radius 2 is 1.83 bits per heavy atom. The summed E-state index contributed by atoms with van der Waals surface area (Å²) in [6.07, 6.45) is 6.98. The number of aromatic nitrogens is 4. The topological polar surface area (TPSA) is 84.1 Å². The second kappa shape index (κ2) is 8.87. The fourth-order valence-electron chi connectivity index (χ4n) is 2.73. The van der Waals surface area contributed by atoms with Gasteiger partial charge in [0.25, 0.3) is 6.47 Å². The van der Waals surface area contributed by atoms with E-state index in [9.17, 15) is 0 Å². The molecule has 1 N–H and O–H groups in total. The van der Waals surface area contributed by atoms with Crippen molar-refractivity contribution in [2.45, 2.75) is 39.2 Å². The zero-order chi connectivity index (χ0) is 16.5. The van der Waals surface area contributed by atoms with Crippen LogP contribution < -0.4 is 4.90 Å². The van der Waals surface area contributed by atoms with Crippen LogP contribution in [0.25, 0.3) is 11.4 Å². The van der Waals surface area contributed by atoms with Gasteiger partial charge >= 0.3 is 0 Å². The minimum absolute atomic E-state index is 0.250. The zero-order valence-corrected chi connectivity index (χ0v) is 13.4. The number of carboxylic acid groups (broad SMARTS) is 1. The molecule has 3 rings (SSSR count). The van der Waals surface area contributed by atoms with Crippen molar-refractivity contribution < 1.29 is 9.90 Å². The van der Waals surface area contributed by atoms with Gasteiger partial charge in [0.2, 0.25) is 0 Å². The van der Waals surface area contributed by atoms with Crippen LogP contribution in [0.4, 0.5) is 5.82 Å². The van der Waals surface area contributed by atoms with Gasteiger partial charge < -0.3 is 10.0 Å². The van der Waals surface area contributed by atoms with E-state index >= 15 is 0 Å². The molecular weight excluding hydrogens is 294 g/mol. The Bertz CT molecular complexity index is 589. The highest BCUT2D eigenvalue weighted by atomic mass is 16.3. The summed E-state index contributed by atoms with van der Waals surface area (Å²) in [6.45, 7) is 4.87. The summed E-state index contributed by atoms with van der Waals surface area (Å²) >= 11 is 0. The molecule has 0 aromatic carbocycles. The summed E-state index contributed by atoms with van der Waals surface area (Å²) in [5, 5.41) is 20.0. The summed E-state index contributed by atoms with van der Waals surface area (Å²) < 4.78 is 1.94. The van der Waals surface area contributed by atoms with Gasteiger partial charge in [-0.15, -0.1) is 10.2 Å². The van der Waals surface area contributed by atoms with Crippen LogP contribution in [-0.4, -0.2) is 44.6 Å². The molecule has 0 unspecified atom stereocenters. The van der Waals surface area contributed by atoms with Gasteiger partial charge in [0.05, 0.1) is 5.69 Å². The van der Waals surface area contributed by atoms with Crippen molar-refractivity contribution in [3.8, 4) is 11.4 Å². The Hall–Kier alpha value is -2.44. The maximum absolute atomic E-state index is 8.36. The lowest BCUT2D eigenvalue weighted by Gasteiger charge is -2.20. The molecule has 2 aromatic heterocycles. The van der Waals surface area contributed by atoms with E-state index in [0.717, 1.165) is 36.8 Å². The monoisotopic (exact) mass is 317 g/mol. The van der Waals surface area contributed by atoms with E-state index < -0.39 is 0 Å². The molecule has 1 saturated heterocycles. The van der Waals surface area contributed by atoms with E-state index in [0.29, 0.717) is 0 Å². The lowest BCUT2D eigenvalue weighted by atomic mass is 10.2. The molecule has 2 aromatic rings. The molecule has 3 heterocycles. The normalized spacial score (nSPS) is 14.6. The maximum atomic E-state index is 8.36. The molecule has 7 nitrogen and oxygen atoms in total. The van der Waals surface area contributed by atoms with Crippen molar-refractivity contribution in [2.24, 2.45) is 0 Å². The van der Waals surface area contributed by atoms with E-state index in [2.05, 4.69) is 39.3 Å². The number of hydrogen-bond donors (Lipinski definition) is 1. The summed E-state index contributed by atoms with van der Waals surface area (Å²) in [6, 6.07) is 6.12. The van der Waals surface area contributed by atoms with Crippen LogP contribution in [0.15, 0.2) is 24.4 Å². The first kappa shape index (κ1) is 16.9. The molecule has 0 spiro atoms. The zero-order valence-electron chi connectivity index (χ0n) is 13.4. The highest BCUT2D eigenvalue weighted by molar-refractivity contribution is 5.55. The van der Waals surface area contributed by atoms with Crippen molar-refractivity contribution in [3.05, 3.63) is 24.4 Å². The molecule has 0 aliphatic carbocycles. The van der Waals surface area contributed by atoms with Crippen LogP contribution in [0.5, 0.6) is 0 Å². The number of carbonyl (C=O) groups is 1. The summed E-state index contributed by atoms with van der Waals surface area (Å²) in [7, 11) is 0. The van der Waals surface area contributed by atoms with Gasteiger partial charge in [-0.3, -0.25) is 9.48 Å². The Morgan fingerprint density at radius 1 is 1.13 bits per heavy atom. The van der Waals surface area contributed by atoms with Crippen LogP contribution in [0.3, 0.4) is 0 Å². The maximum Gasteiger partial charge on any atom is 0.290 e. The molecule has 23 heavy (non-hydrogen) atoms. The van der Waals surface area contributed by atoms with Crippen molar-refractivity contribution >= 4 is 12.3 Å². The largest absolute Gasteiger partial charge is 0.483 e.